The molecule has 0 aliphatic heterocycles. The van der Waals surface area contributed by atoms with Gasteiger partial charge in [0.15, 0.2) is 0 Å². The van der Waals surface area contributed by atoms with E-state index in [4.69, 9.17) is 17.2 Å². The molecule has 0 spiro atoms. The van der Waals surface area contributed by atoms with Gasteiger partial charge in [-0.05, 0) is 38.6 Å². The van der Waals surface area contributed by atoms with Crippen molar-refractivity contribution < 1.29 is 34.2 Å². The predicted octanol–water partition coefficient (Wildman–Crippen LogP) is -2.72. The van der Waals surface area contributed by atoms with Gasteiger partial charge in [-0.3, -0.25) is 19.2 Å². The van der Waals surface area contributed by atoms with Crippen LogP contribution in [0.3, 0.4) is 0 Å². The molecule has 0 aromatic heterocycles. The molecular weight excluding hydrogens is 436 g/mol. The third-order valence-corrected chi connectivity index (χ3v) is 4.73. The summed E-state index contributed by atoms with van der Waals surface area (Å²) in [6.07, 6.45) is -0.179. The fourth-order valence-electron chi connectivity index (χ4n) is 2.94. The Morgan fingerprint density at radius 1 is 0.879 bits per heavy atom. The molecule has 0 aromatic rings. The second-order valence-corrected chi connectivity index (χ2v) is 8.38. The summed E-state index contributed by atoms with van der Waals surface area (Å²) in [5.41, 5.74) is 16.3. The van der Waals surface area contributed by atoms with Crippen LogP contribution in [0.4, 0.5) is 0 Å². The summed E-state index contributed by atoms with van der Waals surface area (Å²) in [4.78, 5) is 60.2. The van der Waals surface area contributed by atoms with Gasteiger partial charge < -0.3 is 43.4 Å². The zero-order valence-corrected chi connectivity index (χ0v) is 19.4. The number of primary amides is 1. The second kappa shape index (κ2) is 15.1. The first-order valence-corrected chi connectivity index (χ1v) is 10.9. The molecule has 0 aliphatic rings. The van der Waals surface area contributed by atoms with Crippen molar-refractivity contribution in [2.45, 2.75) is 83.1 Å². The van der Waals surface area contributed by atoms with Gasteiger partial charge in [-0.25, -0.2) is 4.79 Å². The summed E-state index contributed by atoms with van der Waals surface area (Å²) in [7, 11) is 0. The number of aliphatic carboxylic acids is 1. The van der Waals surface area contributed by atoms with E-state index < -0.39 is 66.3 Å². The van der Waals surface area contributed by atoms with Gasteiger partial charge in [-0.1, -0.05) is 20.3 Å². The van der Waals surface area contributed by atoms with E-state index in [1.807, 2.05) is 0 Å². The van der Waals surface area contributed by atoms with Crippen molar-refractivity contribution in [2.24, 2.45) is 23.1 Å². The first kappa shape index (κ1) is 30.2. The molecule has 0 aliphatic carbocycles. The monoisotopic (exact) mass is 474 g/mol. The highest BCUT2D eigenvalue weighted by Crippen LogP contribution is 2.08. The Hall–Kier alpha value is -2.77. The molecule has 190 valence electrons. The third-order valence-electron chi connectivity index (χ3n) is 4.73. The van der Waals surface area contributed by atoms with Crippen LogP contribution in [0.5, 0.6) is 0 Å². The number of aliphatic hydroxyl groups excluding tert-OH is 1. The fraction of sp³-hybridized carbons (Fsp3) is 0.750. The number of unbranched alkanes of at least 4 members (excludes halogenated alkanes) is 1. The molecule has 0 radical (unpaired) electrons. The molecule has 5 atom stereocenters. The number of carbonyl (C=O) groups excluding carboxylic acids is 4. The number of nitrogens with two attached hydrogens (primary N) is 3. The number of carboxylic acid groups (broad SMARTS) is 1. The van der Waals surface area contributed by atoms with E-state index in [2.05, 4.69) is 16.0 Å². The second-order valence-electron chi connectivity index (χ2n) is 8.38. The van der Waals surface area contributed by atoms with Crippen LogP contribution in [0.1, 0.15) is 52.9 Å². The number of carboxylic acids is 1. The lowest BCUT2D eigenvalue weighted by atomic mass is 10.0. The molecule has 0 saturated carbocycles. The number of hydrogen-bond acceptors (Lipinski definition) is 8. The molecule has 13 heteroatoms. The highest BCUT2D eigenvalue weighted by atomic mass is 16.4. The maximum Gasteiger partial charge on any atom is 0.326 e. The first-order valence-electron chi connectivity index (χ1n) is 10.9. The standard InChI is InChI=1S/C20H38N6O7/c1-10(2)8-13(18(30)25-14(20(32)33)9-15(23)28)24-19(31)16(11(3)27)26-17(29)12(22)6-4-5-7-21/h10-14,16,27H,4-9,21-22H2,1-3H3,(H2,23,28)(H,24,31)(H,25,30)(H,26,29)(H,32,33). The Bertz CT molecular complexity index is 686. The number of rotatable bonds is 16. The van der Waals surface area contributed by atoms with Gasteiger partial charge in [0.25, 0.3) is 0 Å². The van der Waals surface area contributed by atoms with Crippen molar-refractivity contribution in [1.82, 2.24) is 16.0 Å². The van der Waals surface area contributed by atoms with Gasteiger partial charge in [-0.2, -0.15) is 0 Å². The minimum atomic E-state index is -1.57. The third kappa shape index (κ3) is 12.2. The van der Waals surface area contributed by atoms with Crippen molar-refractivity contribution in [3.8, 4) is 0 Å². The van der Waals surface area contributed by atoms with E-state index >= 15 is 0 Å². The van der Waals surface area contributed by atoms with Crippen LogP contribution < -0.4 is 33.2 Å². The van der Waals surface area contributed by atoms with Crippen LogP contribution in [0.2, 0.25) is 0 Å². The molecule has 0 heterocycles. The van der Waals surface area contributed by atoms with Crippen LogP contribution in [-0.4, -0.2) is 76.6 Å². The summed E-state index contributed by atoms with van der Waals surface area (Å²) in [6.45, 7) is 5.29. The zero-order valence-electron chi connectivity index (χ0n) is 19.4. The largest absolute Gasteiger partial charge is 0.480 e. The minimum absolute atomic E-state index is 0.0870. The number of amides is 4. The fourth-order valence-corrected chi connectivity index (χ4v) is 2.94. The van der Waals surface area contributed by atoms with E-state index in [-0.39, 0.29) is 12.3 Å². The lowest BCUT2D eigenvalue weighted by Crippen LogP contribution is -2.60. The quantitative estimate of drug-likeness (QED) is 0.108. The maximum atomic E-state index is 12.8. The highest BCUT2D eigenvalue weighted by Gasteiger charge is 2.33. The predicted molar refractivity (Wildman–Crippen MR) is 119 cm³/mol. The van der Waals surface area contributed by atoms with Crippen LogP contribution in [-0.2, 0) is 24.0 Å². The van der Waals surface area contributed by atoms with Crippen molar-refractivity contribution in [3.05, 3.63) is 0 Å². The Labute approximate surface area is 193 Å². The van der Waals surface area contributed by atoms with Gasteiger partial charge in [0.1, 0.15) is 18.1 Å². The van der Waals surface area contributed by atoms with Crippen molar-refractivity contribution >= 4 is 29.6 Å². The Balaban J connectivity index is 5.36. The average molecular weight is 475 g/mol. The maximum absolute atomic E-state index is 12.8. The van der Waals surface area contributed by atoms with E-state index in [9.17, 15) is 34.2 Å². The van der Waals surface area contributed by atoms with Crippen molar-refractivity contribution in [2.75, 3.05) is 6.54 Å². The topological polar surface area (TPSA) is 240 Å². The normalized spacial score (nSPS) is 15.6. The molecule has 0 saturated heterocycles. The summed E-state index contributed by atoms with van der Waals surface area (Å²) >= 11 is 0. The molecule has 13 nitrogen and oxygen atoms in total. The lowest BCUT2D eigenvalue weighted by Gasteiger charge is -2.27. The van der Waals surface area contributed by atoms with Crippen LogP contribution in [0, 0.1) is 5.92 Å². The number of hydrogen-bond donors (Lipinski definition) is 8. The van der Waals surface area contributed by atoms with Gasteiger partial charge in [0.2, 0.25) is 23.6 Å². The lowest BCUT2D eigenvalue weighted by molar-refractivity contribution is -0.144. The SMILES string of the molecule is CC(C)CC(NC(=O)C(NC(=O)C(N)CCCCN)C(C)O)C(=O)NC(CC(N)=O)C(=O)O. The van der Waals surface area contributed by atoms with Crippen molar-refractivity contribution in [3.63, 3.8) is 0 Å². The van der Waals surface area contributed by atoms with E-state index in [0.29, 0.717) is 25.8 Å². The van der Waals surface area contributed by atoms with Crippen LogP contribution in [0.15, 0.2) is 0 Å². The smallest absolute Gasteiger partial charge is 0.326 e. The molecule has 5 unspecified atom stereocenters. The van der Waals surface area contributed by atoms with Crippen LogP contribution >= 0.6 is 0 Å². The van der Waals surface area contributed by atoms with E-state index in [1.165, 1.54) is 6.92 Å². The summed E-state index contributed by atoms with van der Waals surface area (Å²) in [5.74, 6) is -4.82. The number of aliphatic hydroxyl groups is 1. The number of nitrogens with one attached hydrogen (secondary N) is 3. The summed E-state index contributed by atoms with van der Waals surface area (Å²) < 4.78 is 0. The van der Waals surface area contributed by atoms with E-state index in [0.717, 1.165) is 0 Å². The molecule has 0 rings (SSSR count). The Kier molecular flexibility index (Phi) is 13.9. The van der Waals surface area contributed by atoms with Gasteiger partial charge in [0.05, 0.1) is 18.6 Å². The van der Waals surface area contributed by atoms with Crippen molar-refractivity contribution in [1.29, 1.82) is 0 Å². The first-order chi connectivity index (χ1) is 15.3. The highest BCUT2D eigenvalue weighted by molar-refractivity contribution is 5.95. The van der Waals surface area contributed by atoms with Gasteiger partial charge >= 0.3 is 5.97 Å². The molecule has 11 N–H and O–H groups in total. The summed E-state index contributed by atoms with van der Waals surface area (Å²) in [5, 5.41) is 26.2. The summed E-state index contributed by atoms with van der Waals surface area (Å²) in [6, 6.07) is -5.07. The number of carbonyl (C=O) groups is 5. The molecular formula is C20H38N6O7. The van der Waals surface area contributed by atoms with Gasteiger partial charge in [0, 0.05) is 0 Å². The Morgan fingerprint density at radius 2 is 1.45 bits per heavy atom. The average Bonchev–Trinajstić information content (AvgIpc) is 2.69. The van der Waals surface area contributed by atoms with Gasteiger partial charge in [-0.15, -0.1) is 0 Å². The zero-order chi connectivity index (χ0) is 25.7. The van der Waals surface area contributed by atoms with Crippen LogP contribution in [0.25, 0.3) is 0 Å². The van der Waals surface area contributed by atoms with E-state index in [1.54, 1.807) is 13.8 Å². The molecule has 0 bridgehead atoms. The molecule has 0 fully saturated rings. The Morgan fingerprint density at radius 3 is 1.91 bits per heavy atom. The molecule has 0 aromatic carbocycles. The minimum Gasteiger partial charge on any atom is -0.480 e. The molecule has 33 heavy (non-hydrogen) atoms. The molecule has 4 amide bonds.